The zero-order valence-corrected chi connectivity index (χ0v) is 9.28. The lowest BCUT2D eigenvalue weighted by Gasteiger charge is -2.12. The molecule has 0 bridgehead atoms. The average Bonchev–Trinajstić information content (AvgIpc) is 2.18. The summed E-state index contributed by atoms with van der Waals surface area (Å²) in [6.07, 6.45) is 1.55. The number of amides is 1. The number of carbonyl (C=O) groups is 2. The lowest BCUT2D eigenvalue weighted by atomic mass is 10.2. The Morgan fingerprint density at radius 2 is 2.07 bits per heavy atom. The fraction of sp³-hybridized carbons (Fsp3) is 0.800. The van der Waals surface area contributed by atoms with Gasteiger partial charge in [-0.1, -0.05) is 0 Å². The van der Waals surface area contributed by atoms with E-state index in [1.54, 1.807) is 13.8 Å². The number of nitrogens with one attached hydrogen (secondary N) is 1. The molecular formula is C10H19NO4. The van der Waals surface area contributed by atoms with Crippen LogP contribution in [0.4, 0.5) is 0 Å². The van der Waals surface area contributed by atoms with E-state index in [1.807, 2.05) is 0 Å². The van der Waals surface area contributed by atoms with Crippen LogP contribution >= 0.6 is 0 Å². The normalized spacial score (nSPS) is 11.9. The molecule has 15 heavy (non-hydrogen) atoms. The molecule has 0 aromatic carbocycles. The fourth-order valence-corrected chi connectivity index (χ4v) is 1.04. The number of unbranched alkanes of at least 4 members (excludes halogenated alkanes) is 1. The van der Waals surface area contributed by atoms with E-state index in [0.717, 1.165) is 0 Å². The molecule has 0 aliphatic carbocycles. The van der Waals surface area contributed by atoms with Crippen LogP contribution in [0.1, 0.15) is 33.1 Å². The minimum Gasteiger partial charge on any atom is -0.464 e. The van der Waals surface area contributed by atoms with Crippen LogP contribution < -0.4 is 5.32 Å². The predicted octanol–water partition coefficient (Wildman–Crippen LogP) is 0.217. The van der Waals surface area contributed by atoms with Crippen molar-refractivity contribution >= 4 is 11.9 Å². The molecule has 0 saturated heterocycles. The van der Waals surface area contributed by atoms with Gasteiger partial charge in [0.2, 0.25) is 5.91 Å². The highest BCUT2D eigenvalue weighted by Gasteiger charge is 2.15. The summed E-state index contributed by atoms with van der Waals surface area (Å²) >= 11 is 0. The summed E-state index contributed by atoms with van der Waals surface area (Å²) in [5.41, 5.74) is 0. The van der Waals surface area contributed by atoms with Gasteiger partial charge in [0.15, 0.2) is 0 Å². The van der Waals surface area contributed by atoms with Gasteiger partial charge in [-0.3, -0.25) is 4.79 Å². The van der Waals surface area contributed by atoms with Gasteiger partial charge >= 0.3 is 5.97 Å². The first kappa shape index (κ1) is 13.9. The summed E-state index contributed by atoms with van der Waals surface area (Å²) in [4.78, 5) is 22.4. The Morgan fingerprint density at radius 3 is 2.60 bits per heavy atom. The molecule has 0 aliphatic heterocycles. The molecule has 0 aliphatic rings. The zero-order chi connectivity index (χ0) is 11.7. The molecule has 1 amide bonds. The molecule has 0 fully saturated rings. The quantitative estimate of drug-likeness (QED) is 0.472. The van der Waals surface area contributed by atoms with Crippen molar-refractivity contribution in [3.05, 3.63) is 0 Å². The van der Waals surface area contributed by atoms with Gasteiger partial charge in [-0.15, -0.1) is 0 Å². The minimum atomic E-state index is -0.605. The Morgan fingerprint density at radius 1 is 1.40 bits per heavy atom. The van der Waals surface area contributed by atoms with Gasteiger partial charge in [-0.25, -0.2) is 4.79 Å². The topological polar surface area (TPSA) is 75.6 Å². The maximum Gasteiger partial charge on any atom is 0.328 e. The smallest absolute Gasteiger partial charge is 0.328 e. The summed E-state index contributed by atoms with van der Waals surface area (Å²) < 4.78 is 4.74. The van der Waals surface area contributed by atoms with E-state index in [9.17, 15) is 9.59 Å². The highest BCUT2D eigenvalue weighted by Crippen LogP contribution is 1.95. The highest BCUT2D eigenvalue weighted by molar-refractivity contribution is 5.84. The average molecular weight is 217 g/mol. The standard InChI is InChI=1S/C10H19NO4/c1-3-15-10(14)8(2)11-9(13)6-4-5-7-12/h8,12H,3-7H2,1-2H3,(H,11,13). The maximum absolute atomic E-state index is 11.2. The number of carbonyl (C=O) groups excluding carboxylic acids is 2. The predicted molar refractivity (Wildman–Crippen MR) is 55.2 cm³/mol. The van der Waals surface area contributed by atoms with Crippen LogP contribution in [0, 0.1) is 0 Å². The first-order chi connectivity index (χ1) is 7.11. The number of rotatable bonds is 7. The maximum atomic E-state index is 11.2. The molecule has 88 valence electrons. The largest absolute Gasteiger partial charge is 0.464 e. The van der Waals surface area contributed by atoms with Crippen molar-refractivity contribution in [1.82, 2.24) is 5.32 Å². The van der Waals surface area contributed by atoms with Crippen LogP contribution in [-0.4, -0.2) is 36.2 Å². The number of hydrogen-bond acceptors (Lipinski definition) is 4. The number of ether oxygens (including phenoxy) is 1. The molecule has 0 aromatic heterocycles. The first-order valence-corrected chi connectivity index (χ1v) is 5.18. The molecule has 5 nitrogen and oxygen atoms in total. The fourth-order valence-electron chi connectivity index (χ4n) is 1.04. The van der Waals surface area contributed by atoms with Crippen molar-refractivity contribution in [2.24, 2.45) is 0 Å². The van der Waals surface area contributed by atoms with Crippen LogP contribution in [-0.2, 0) is 14.3 Å². The molecule has 0 radical (unpaired) electrons. The summed E-state index contributed by atoms with van der Waals surface area (Å²) in [5.74, 6) is -0.614. The number of aliphatic hydroxyl groups is 1. The SMILES string of the molecule is CCOC(=O)C(C)NC(=O)CCCCO. The molecule has 0 aromatic rings. The van der Waals surface area contributed by atoms with Crippen LogP contribution in [0.15, 0.2) is 0 Å². The van der Waals surface area contributed by atoms with Crippen LogP contribution in [0.2, 0.25) is 0 Å². The van der Waals surface area contributed by atoms with Crippen LogP contribution in [0.5, 0.6) is 0 Å². The zero-order valence-electron chi connectivity index (χ0n) is 9.28. The summed E-state index contributed by atoms with van der Waals surface area (Å²) in [7, 11) is 0. The second kappa shape index (κ2) is 8.23. The molecule has 0 saturated carbocycles. The van der Waals surface area contributed by atoms with Crippen LogP contribution in [0.25, 0.3) is 0 Å². The van der Waals surface area contributed by atoms with Gasteiger partial charge < -0.3 is 15.2 Å². The molecule has 0 heterocycles. The van der Waals surface area contributed by atoms with Crippen molar-refractivity contribution < 1.29 is 19.4 Å². The third-order valence-electron chi connectivity index (χ3n) is 1.83. The van der Waals surface area contributed by atoms with E-state index in [-0.39, 0.29) is 12.5 Å². The highest BCUT2D eigenvalue weighted by atomic mass is 16.5. The van der Waals surface area contributed by atoms with Gasteiger partial charge in [0.05, 0.1) is 6.61 Å². The monoisotopic (exact) mass is 217 g/mol. The van der Waals surface area contributed by atoms with E-state index < -0.39 is 12.0 Å². The third kappa shape index (κ3) is 6.90. The Bertz CT molecular complexity index is 206. The van der Waals surface area contributed by atoms with E-state index >= 15 is 0 Å². The van der Waals surface area contributed by atoms with E-state index in [1.165, 1.54) is 0 Å². The van der Waals surface area contributed by atoms with E-state index in [2.05, 4.69) is 5.32 Å². The molecule has 1 unspecified atom stereocenters. The molecule has 0 spiro atoms. The second-order valence-corrected chi connectivity index (χ2v) is 3.22. The molecule has 2 N–H and O–H groups in total. The minimum absolute atomic E-state index is 0.0840. The lowest BCUT2D eigenvalue weighted by Crippen LogP contribution is -2.39. The Hall–Kier alpha value is -1.10. The Labute approximate surface area is 89.8 Å². The van der Waals surface area contributed by atoms with Crippen LogP contribution in [0.3, 0.4) is 0 Å². The molecule has 0 rings (SSSR count). The first-order valence-electron chi connectivity index (χ1n) is 5.18. The van der Waals surface area contributed by atoms with E-state index in [0.29, 0.717) is 25.9 Å². The van der Waals surface area contributed by atoms with Gasteiger partial charge in [0.1, 0.15) is 6.04 Å². The molecule has 1 atom stereocenters. The van der Waals surface area contributed by atoms with E-state index in [4.69, 9.17) is 9.84 Å². The molecule has 5 heteroatoms. The van der Waals surface area contributed by atoms with Gasteiger partial charge in [0.25, 0.3) is 0 Å². The van der Waals surface area contributed by atoms with Crippen molar-refractivity contribution in [3.8, 4) is 0 Å². The number of esters is 1. The van der Waals surface area contributed by atoms with Gasteiger partial charge in [0, 0.05) is 13.0 Å². The third-order valence-corrected chi connectivity index (χ3v) is 1.83. The number of hydrogen-bond donors (Lipinski definition) is 2. The van der Waals surface area contributed by atoms with Gasteiger partial charge in [-0.2, -0.15) is 0 Å². The van der Waals surface area contributed by atoms with Gasteiger partial charge in [-0.05, 0) is 26.7 Å². The van der Waals surface area contributed by atoms with Crippen molar-refractivity contribution in [2.45, 2.75) is 39.2 Å². The Balaban J connectivity index is 3.70. The van der Waals surface area contributed by atoms with Crippen molar-refractivity contribution in [1.29, 1.82) is 0 Å². The van der Waals surface area contributed by atoms with Crippen molar-refractivity contribution in [2.75, 3.05) is 13.2 Å². The van der Waals surface area contributed by atoms with Crippen molar-refractivity contribution in [3.63, 3.8) is 0 Å². The summed E-state index contributed by atoms with van der Waals surface area (Å²) in [6, 6.07) is -0.605. The second-order valence-electron chi connectivity index (χ2n) is 3.22. The molecular weight excluding hydrogens is 198 g/mol. The summed E-state index contributed by atoms with van der Waals surface area (Å²) in [5, 5.41) is 11.0. The Kier molecular flexibility index (Phi) is 7.62. The lowest BCUT2D eigenvalue weighted by molar-refractivity contribution is -0.146. The summed E-state index contributed by atoms with van der Waals surface area (Å²) in [6.45, 7) is 3.69. The number of aliphatic hydroxyl groups excluding tert-OH is 1.